The van der Waals surface area contributed by atoms with Crippen molar-refractivity contribution < 1.29 is 16.8 Å². The number of hydrogen-bond acceptors (Lipinski definition) is 8. The number of nitrogens with one attached hydrogen (secondary N) is 1. The molecular weight excluding hydrogens is 380 g/mol. The van der Waals surface area contributed by atoms with E-state index in [1.54, 1.807) is 12.1 Å². The second kappa shape index (κ2) is 6.29. The summed E-state index contributed by atoms with van der Waals surface area (Å²) in [5, 5.41) is 18.6. The Balaban J connectivity index is 3.12. The molecule has 1 aromatic carbocycles. The second-order valence-corrected chi connectivity index (χ2v) is 9.42. The first kappa shape index (κ1) is 19.2. The molecule has 0 aliphatic heterocycles. The van der Waals surface area contributed by atoms with Gasteiger partial charge < -0.3 is 10.7 Å². The SMILES string of the molecule is CS(=O)(=O)c1ccc(-c2c(C#N)c(N)[nH]c(=O)c2C#N)c(S(C)(=O)=O)c1. The zero-order valence-electron chi connectivity index (χ0n) is 13.6. The lowest BCUT2D eigenvalue weighted by atomic mass is 9.96. The van der Waals surface area contributed by atoms with Crippen LogP contribution in [-0.4, -0.2) is 34.3 Å². The lowest BCUT2D eigenvalue weighted by Crippen LogP contribution is -2.17. The van der Waals surface area contributed by atoms with Crippen molar-refractivity contribution in [2.75, 3.05) is 18.2 Å². The van der Waals surface area contributed by atoms with E-state index in [0.29, 0.717) is 0 Å². The fraction of sp³-hybridized carbons (Fsp3) is 0.133. The number of nitrogens with two attached hydrogens (primary N) is 1. The zero-order valence-corrected chi connectivity index (χ0v) is 15.2. The number of H-pyrrole nitrogens is 1. The predicted octanol–water partition coefficient (Wildman–Crippen LogP) is 0.174. The number of nitriles is 2. The predicted molar refractivity (Wildman–Crippen MR) is 92.6 cm³/mol. The van der Waals surface area contributed by atoms with Crippen LogP contribution in [0.25, 0.3) is 11.1 Å². The minimum absolute atomic E-state index is 0.161. The molecule has 0 amide bonds. The van der Waals surface area contributed by atoms with Crippen molar-refractivity contribution in [1.82, 2.24) is 4.98 Å². The van der Waals surface area contributed by atoms with Crippen LogP contribution in [0, 0.1) is 22.7 Å². The number of sulfone groups is 2. The van der Waals surface area contributed by atoms with E-state index in [4.69, 9.17) is 5.73 Å². The summed E-state index contributed by atoms with van der Waals surface area (Å²) >= 11 is 0. The summed E-state index contributed by atoms with van der Waals surface area (Å²) in [7, 11) is -7.70. The van der Waals surface area contributed by atoms with Gasteiger partial charge in [0.2, 0.25) is 0 Å². The van der Waals surface area contributed by atoms with E-state index in [9.17, 15) is 32.2 Å². The third kappa shape index (κ3) is 3.31. The molecule has 0 saturated heterocycles. The van der Waals surface area contributed by atoms with E-state index in [-0.39, 0.29) is 27.4 Å². The van der Waals surface area contributed by atoms with Crippen LogP contribution >= 0.6 is 0 Å². The average Bonchev–Trinajstić information content (AvgIpc) is 2.52. The van der Waals surface area contributed by atoms with Crippen LogP contribution in [-0.2, 0) is 19.7 Å². The maximum Gasteiger partial charge on any atom is 0.268 e. The van der Waals surface area contributed by atoms with Gasteiger partial charge in [-0.05, 0) is 12.1 Å². The van der Waals surface area contributed by atoms with E-state index in [1.165, 1.54) is 0 Å². The van der Waals surface area contributed by atoms with Gasteiger partial charge in [0.1, 0.15) is 29.1 Å². The summed E-state index contributed by atoms with van der Waals surface area (Å²) in [6.45, 7) is 0. The first-order chi connectivity index (χ1) is 11.9. The van der Waals surface area contributed by atoms with Gasteiger partial charge in [0, 0.05) is 23.6 Å². The molecule has 26 heavy (non-hydrogen) atoms. The van der Waals surface area contributed by atoms with Gasteiger partial charge in [0.05, 0.1) is 9.79 Å². The van der Waals surface area contributed by atoms with Crippen LogP contribution in [0.3, 0.4) is 0 Å². The number of rotatable bonds is 3. The molecule has 0 atom stereocenters. The van der Waals surface area contributed by atoms with Gasteiger partial charge in [-0.1, -0.05) is 6.07 Å². The van der Waals surface area contributed by atoms with Crippen LogP contribution in [0.2, 0.25) is 0 Å². The lowest BCUT2D eigenvalue weighted by molar-refractivity contribution is 0.600. The maximum absolute atomic E-state index is 12.2. The molecule has 0 saturated carbocycles. The second-order valence-electron chi connectivity index (χ2n) is 5.42. The summed E-state index contributed by atoms with van der Waals surface area (Å²) in [5.41, 5.74) is 3.49. The van der Waals surface area contributed by atoms with E-state index in [2.05, 4.69) is 4.98 Å². The maximum atomic E-state index is 12.2. The molecule has 0 spiro atoms. The Labute approximate surface area is 149 Å². The summed E-state index contributed by atoms with van der Waals surface area (Å²) in [4.78, 5) is 13.4. The van der Waals surface area contributed by atoms with Crippen molar-refractivity contribution >= 4 is 25.5 Å². The normalized spacial score (nSPS) is 11.5. The van der Waals surface area contributed by atoms with E-state index >= 15 is 0 Å². The van der Waals surface area contributed by atoms with Crippen LogP contribution in [0.15, 0.2) is 32.8 Å². The highest BCUT2D eigenvalue weighted by molar-refractivity contribution is 7.91. The van der Waals surface area contributed by atoms with Gasteiger partial charge in [-0.3, -0.25) is 4.79 Å². The molecule has 0 bridgehead atoms. The standard InChI is InChI=1S/C15H12N4O5S2/c1-25(21,22)8-3-4-9(12(5-8)26(2,23)24)13-10(6-16)14(18)19-15(20)11(13)7-17/h3-5H,1-2H3,(H3,18,19,20). The Bertz CT molecular complexity index is 1280. The van der Waals surface area contributed by atoms with Gasteiger partial charge in [0.25, 0.3) is 5.56 Å². The van der Waals surface area contributed by atoms with Gasteiger partial charge in [-0.25, -0.2) is 16.8 Å². The van der Waals surface area contributed by atoms with Gasteiger partial charge in [-0.15, -0.1) is 0 Å². The Morgan fingerprint density at radius 2 is 1.58 bits per heavy atom. The average molecular weight is 392 g/mol. The first-order valence-corrected chi connectivity index (χ1v) is 10.6. The van der Waals surface area contributed by atoms with E-state index < -0.39 is 35.7 Å². The topological polar surface area (TPSA) is 175 Å². The van der Waals surface area contributed by atoms with Crippen molar-refractivity contribution in [2.24, 2.45) is 0 Å². The number of aromatic amines is 1. The molecular formula is C15H12N4O5S2. The van der Waals surface area contributed by atoms with Crippen molar-refractivity contribution in [3.05, 3.63) is 39.7 Å². The fourth-order valence-electron chi connectivity index (χ4n) is 2.36. The summed E-state index contributed by atoms with van der Waals surface area (Å²) < 4.78 is 47.9. The molecule has 11 heteroatoms. The van der Waals surface area contributed by atoms with Crippen LogP contribution in [0.4, 0.5) is 5.82 Å². The van der Waals surface area contributed by atoms with E-state index in [1.807, 2.05) is 0 Å². The molecule has 1 aromatic heterocycles. The highest BCUT2D eigenvalue weighted by Crippen LogP contribution is 2.34. The van der Waals surface area contributed by atoms with Gasteiger partial charge in [0.15, 0.2) is 19.7 Å². The molecule has 0 unspecified atom stereocenters. The Kier molecular flexibility index (Phi) is 4.64. The highest BCUT2D eigenvalue weighted by atomic mass is 32.2. The number of nitrogens with zero attached hydrogens (tertiary/aromatic N) is 2. The van der Waals surface area contributed by atoms with Gasteiger partial charge in [-0.2, -0.15) is 10.5 Å². The number of anilines is 1. The Morgan fingerprint density at radius 3 is 2.04 bits per heavy atom. The minimum Gasteiger partial charge on any atom is -0.384 e. The number of pyridine rings is 1. The number of hydrogen-bond donors (Lipinski definition) is 2. The molecule has 9 nitrogen and oxygen atoms in total. The smallest absolute Gasteiger partial charge is 0.268 e. The molecule has 0 radical (unpaired) electrons. The molecule has 2 aromatic rings. The summed E-state index contributed by atoms with van der Waals surface area (Å²) in [5.74, 6) is -0.335. The van der Waals surface area contributed by atoms with Crippen molar-refractivity contribution in [2.45, 2.75) is 9.79 Å². The summed E-state index contributed by atoms with van der Waals surface area (Å²) in [6, 6.07) is 6.52. The number of aromatic nitrogens is 1. The molecule has 0 aliphatic carbocycles. The third-order valence-electron chi connectivity index (χ3n) is 3.52. The summed E-state index contributed by atoms with van der Waals surface area (Å²) in [6.07, 6.45) is 1.74. The molecule has 134 valence electrons. The first-order valence-electron chi connectivity index (χ1n) is 6.82. The van der Waals surface area contributed by atoms with Crippen LogP contribution in [0.1, 0.15) is 11.1 Å². The van der Waals surface area contributed by atoms with Crippen molar-refractivity contribution in [3.63, 3.8) is 0 Å². The monoisotopic (exact) mass is 392 g/mol. The Morgan fingerprint density at radius 1 is 1.00 bits per heavy atom. The van der Waals surface area contributed by atoms with Crippen LogP contribution in [0.5, 0.6) is 0 Å². The van der Waals surface area contributed by atoms with Gasteiger partial charge >= 0.3 is 0 Å². The van der Waals surface area contributed by atoms with E-state index in [0.717, 1.165) is 30.7 Å². The fourth-order valence-corrected chi connectivity index (χ4v) is 3.99. The molecule has 1 heterocycles. The quantitative estimate of drug-likeness (QED) is 0.743. The molecule has 0 aliphatic rings. The molecule has 2 rings (SSSR count). The minimum atomic E-state index is -3.98. The number of benzene rings is 1. The van der Waals surface area contributed by atoms with Crippen molar-refractivity contribution in [3.8, 4) is 23.3 Å². The van der Waals surface area contributed by atoms with Crippen LogP contribution < -0.4 is 11.3 Å². The van der Waals surface area contributed by atoms with Crippen molar-refractivity contribution in [1.29, 1.82) is 10.5 Å². The third-order valence-corrected chi connectivity index (χ3v) is 5.77. The largest absolute Gasteiger partial charge is 0.384 e. The Hall–Kier alpha value is -3.15. The molecule has 0 fully saturated rings. The molecule has 3 N–H and O–H groups in total. The number of nitrogen functional groups attached to an aromatic ring is 1. The zero-order chi connectivity index (χ0) is 19.9. The highest BCUT2D eigenvalue weighted by Gasteiger charge is 2.25. The lowest BCUT2D eigenvalue weighted by Gasteiger charge is -2.13.